The van der Waals surface area contributed by atoms with Crippen molar-refractivity contribution in [1.82, 2.24) is 4.90 Å². The maximum atomic E-state index is 8.42. The minimum atomic E-state index is 0.391. The van der Waals surface area contributed by atoms with Crippen LogP contribution in [0, 0.1) is 11.3 Å². The van der Waals surface area contributed by atoms with Crippen LogP contribution in [-0.4, -0.2) is 30.1 Å². The molecule has 0 spiro atoms. The number of hydrogen-bond acceptors (Lipinski definition) is 3. The first-order valence-electron chi connectivity index (χ1n) is 5.10. The van der Waals surface area contributed by atoms with E-state index in [4.69, 9.17) is 11.0 Å². The van der Waals surface area contributed by atoms with Gasteiger partial charge in [0.15, 0.2) is 0 Å². The number of likely N-dealkylation sites (tertiary alicyclic amines) is 1. The third-order valence-corrected chi connectivity index (χ3v) is 2.79. The summed E-state index contributed by atoms with van der Waals surface area (Å²) in [4.78, 5) is 2.45. The molecule has 74 valence electrons. The van der Waals surface area contributed by atoms with Crippen LogP contribution in [-0.2, 0) is 0 Å². The van der Waals surface area contributed by atoms with Gasteiger partial charge in [-0.15, -0.1) is 0 Å². The molecule has 13 heavy (non-hydrogen) atoms. The highest BCUT2D eigenvalue weighted by molar-refractivity contribution is 4.81. The normalized spacial score (nSPS) is 29.9. The van der Waals surface area contributed by atoms with Crippen molar-refractivity contribution in [2.24, 2.45) is 5.73 Å². The molecule has 0 bridgehead atoms. The van der Waals surface area contributed by atoms with E-state index in [-0.39, 0.29) is 0 Å². The molecule has 3 nitrogen and oxygen atoms in total. The fraction of sp³-hybridized carbons (Fsp3) is 0.900. The van der Waals surface area contributed by atoms with Gasteiger partial charge in [0.05, 0.1) is 6.07 Å². The second kappa shape index (κ2) is 5.21. The van der Waals surface area contributed by atoms with Gasteiger partial charge in [0.25, 0.3) is 0 Å². The topological polar surface area (TPSA) is 53.0 Å². The lowest BCUT2D eigenvalue weighted by molar-refractivity contribution is 0.147. The summed E-state index contributed by atoms with van der Waals surface area (Å²) in [7, 11) is 0. The Kier molecular flexibility index (Phi) is 4.20. The fourth-order valence-corrected chi connectivity index (χ4v) is 1.95. The Morgan fingerprint density at radius 2 is 2.38 bits per heavy atom. The van der Waals surface area contributed by atoms with Gasteiger partial charge in [-0.1, -0.05) is 0 Å². The zero-order valence-corrected chi connectivity index (χ0v) is 8.37. The summed E-state index contributed by atoms with van der Waals surface area (Å²) in [6.45, 7) is 4.39. The predicted molar refractivity (Wildman–Crippen MR) is 53.1 cm³/mol. The number of piperidine rings is 1. The Bertz CT molecular complexity index is 185. The molecule has 0 amide bonds. The van der Waals surface area contributed by atoms with Gasteiger partial charge in [-0.25, -0.2) is 0 Å². The van der Waals surface area contributed by atoms with Gasteiger partial charge in [-0.2, -0.15) is 5.26 Å². The van der Waals surface area contributed by atoms with E-state index >= 15 is 0 Å². The minimum Gasteiger partial charge on any atom is -0.328 e. The summed E-state index contributed by atoms with van der Waals surface area (Å²) < 4.78 is 0. The number of nitriles is 1. The average Bonchev–Trinajstić information content (AvgIpc) is 2.09. The second-order valence-electron chi connectivity index (χ2n) is 3.93. The summed E-state index contributed by atoms with van der Waals surface area (Å²) in [5, 5.41) is 8.42. The highest BCUT2D eigenvalue weighted by Gasteiger charge is 2.22. The van der Waals surface area contributed by atoms with Crippen LogP contribution in [0.3, 0.4) is 0 Å². The lowest BCUT2D eigenvalue weighted by atomic mass is 9.99. The largest absolute Gasteiger partial charge is 0.328 e. The van der Waals surface area contributed by atoms with Crippen LogP contribution in [0.1, 0.15) is 32.6 Å². The number of nitrogens with two attached hydrogens (primary N) is 1. The van der Waals surface area contributed by atoms with E-state index in [9.17, 15) is 0 Å². The number of hydrogen-bond donors (Lipinski definition) is 1. The molecule has 1 rings (SSSR count). The molecule has 0 aliphatic carbocycles. The van der Waals surface area contributed by atoms with Gasteiger partial charge in [0.2, 0.25) is 0 Å². The van der Waals surface area contributed by atoms with E-state index in [0.717, 1.165) is 32.4 Å². The summed E-state index contributed by atoms with van der Waals surface area (Å²) in [6.07, 6.45) is 3.88. The average molecular weight is 181 g/mol. The van der Waals surface area contributed by atoms with E-state index in [1.807, 2.05) is 0 Å². The Balaban J connectivity index is 2.22. The molecule has 1 aliphatic rings. The van der Waals surface area contributed by atoms with Crippen LogP contribution in [0.4, 0.5) is 0 Å². The first-order valence-corrected chi connectivity index (χ1v) is 5.10. The molecule has 1 saturated heterocycles. The molecule has 0 aromatic rings. The highest BCUT2D eigenvalue weighted by atomic mass is 15.2. The maximum absolute atomic E-state index is 8.42. The van der Waals surface area contributed by atoms with Gasteiger partial charge in [0.1, 0.15) is 0 Å². The lowest BCUT2D eigenvalue weighted by Crippen LogP contribution is -2.45. The van der Waals surface area contributed by atoms with Crippen LogP contribution in [0.5, 0.6) is 0 Å². The van der Waals surface area contributed by atoms with Crippen LogP contribution >= 0.6 is 0 Å². The standard InChI is InChI=1S/C10H19N3/c1-9-8-10(12)4-7-13(9)6-3-2-5-11/h9-10H,2-4,6-8,12H2,1H3. The molecule has 1 fully saturated rings. The molecule has 0 aromatic heterocycles. The molecule has 1 aliphatic heterocycles. The van der Waals surface area contributed by atoms with Gasteiger partial charge >= 0.3 is 0 Å². The molecular formula is C10H19N3. The molecule has 3 heteroatoms. The SMILES string of the molecule is CC1CC(N)CCN1CCCC#N. The zero-order valence-electron chi connectivity index (χ0n) is 8.37. The zero-order chi connectivity index (χ0) is 9.68. The van der Waals surface area contributed by atoms with Crippen molar-refractivity contribution in [3.05, 3.63) is 0 Å². The molecule has 2 atom stereocenters. The van der Waals surface area contributed by atoms with Crippen molar-refractivity contribution in [3.8, 4) is 6.07 Å². The third kappa shape index (κ3) is 3.33. The lowest BCUT2D eigenvalue weighted by Gasteiger charge is -2.36. The minimum absolute atomic E-state index is 0.391. The summed E-state index contributed by atoms with van der Waals surface area (Å²) in [5.41, 5.74) is 5.86. The molecule has 2 unspecified atom stereocenters. The van der Waals surface area contributed by atoms with Crippen molar-refractivity contribution in [2.75, 3.05) is 13.1 Å². The van der Waals surface area contributed by atoms with E-state index in [0.29, 0.717) is 18.5 Å². The monoisotopic (exact) mass is 181 g/mol. The maximum Gasteiger partial charge on any atom is 0.0622 e. The first kappa shape index (κ1) is 10.5. The molecule has 2 N–H and O–H groups in total. The Morgan fingerprint density at radius 3 is 3.00 bits per heavy atom. The van der Waals surface area contributed by atoms with E-state index in [1.54, 1.807) is 0 Å². The molecule has 0 radical (unpaired) electrons. The summed E-state index contributed by atoms with van der Waals surface area (Å²) in [5.74, 6) is 0. The first-order chi connectivity index (χ1) is 6.24. The molecule has 0 saturated carbocycles. The Morgan fingerprint density at radius 1 is 1.62 bits per heavy atom. The summed E-state index contributed by atoms with van der Waals surface area (Å²) in [6, 6.07) is 3.17. The predicted octanol–water partition coefficient (Wildman–Crippen LogP) is 1.10. The highest BCUT2D eigenvalue weighted by Crippen LogP contribution is 2.15. The smallest absolute Gasteiger partial charge is 0.0622 e. The third-order valence-electron chi connectivity index (χ3n) is 2.79. The molecule has 1 heterocycles. The Labute approximate surface area is 80.5 Å². The molecule has 0 aromatic carbocycles. The van der Waals surface area contributed by atoms with Gasteiger partial charge < -0.3 is 10.6 Å². The van der Waals surface area contributed by atoms with Crippen molar-refractivity contribution in [1.29, 1.82) is 5.26 Å². The number of nitrogens with zero attached hydrogens (tertiary/aromatic N) is 2. The number of unbranched alkanes of at least 4 members (excludes halogenated alkanes) is 1. The van der Waals surface area contributed by atoms with Gasteiger partial charge in [-0.3, -0.25) is 0 Å². The van der Waals surface area contributed by atoms with Crippen LogP contribution < -0.4 is 5.73 Å². The van der Waals surface area contributed by atoms with Crippen LogP contribution in [0.2, 0.25) is 0 Å². The van der Waals surface area contributed by atoms with Crippen LogP contribution in [0.25, 0.3) is 0 Å². The summed E-state index contributed by atoms with van der Waals surface area (Å²) >= 11 is 0. The number of rotatable bonds is 3. The van der Waals surface area contributed by atoms with E-state index in [1.165, 1.54) is 0 Å². The van der Waals surface area contributed by atoms with E-state index in [2.05, 4.69) is 17.9 Å². The quantitative estimate of drug-likeness (QED) is 0.663. The van der Waals surface area contributed by atoms with Crippen LogP contribution in [0.15, 0.2) is 0 Å². The van der Waals surface area contributed by atoms with Crippen molar-refractivity contribution in [2.45, 2.75) is 44.7 Å². The van der Waals surface area contributed by atoms with Crippen molar-refractivity contribution in [3.63, 3.8) is 0 Å². The fourth-order valence-electron chi connectivity index (χ4n) is 1.95. The van der Waals surface area contributed by atoms with Gasteiger partial charge in [-0.05, 0) is 39.3 Å². The molecular weight excluding hydrogens is 162 g/mol. The van der Waals surface area contributed by atoms with Crippen molar-refractivity contribution >= 4 is 0 Å². The van der Waals surface area contributed by atoms with E-state index < -0.39 is 0 Å². The Hall–Kier alpha value is -0.590. The van der Waals surface area contributed by atoms with Gasteiger partial charge in [0, 0.05) is 18.5 Å². The van der Waals surface area contributed by atoms with Crippen molar-refractivity contribution < 1.29 is 0 Å². The second-order valence-corrected chi connectivity index (χ2v) is 3.93.